The minimum Gasteiger partial charge on any atom is -0.482 e. The molecule has 0 saturated carbocycles. The quantitative estimate of drug-likeness (QED) is 0.312. The van der Waals surface area contributed by atoms with E-state index in [0.29, 0.717) is 11.3 Å². The molecule has 0 spiro atoms. The Morgan fingerprint density at radius 3 is 2.34 bits per heavy atom. The van der Waals surface area contributed by atoms with Gasteiger partial charge in [-0.1, -0.05) is 41.9 Å². The first-order chi connectivity index (χ1) is 16.7. The molecule has 2 N–H and O–H groups in total. The average molecular weight is 500 g/mol. The third-order valence-corrected chi connectivity index (χ3v) is 4.79. The number of amides is 2. The fourth-order valence-corrected chi connectivity index (χ4v) is 3.12. The number of nitrogens with zero attached hydrogens (tertiary/aromatic N) is 1. The molecule has 0 atom stereocenters. The summed E-state index contributed by atoms with van der Waals surface area (Å²) in [6, 6.07) is 19.0. The summed E-state index contributed by atoms with van der Waals surface area (Å²) in [6.07, 6.45) is -3.35. The third-order valence-electron chi connectivity index (χ3n) is 4.50. The van der Waals surface area contributed by atoms with E-state index in [0.717, 1.165) is 18.2 Å². The number of nitrogens with one attached hydrogen (secondary N) is 2. The molecule has 6 nitrogen and oxygen atoms in total. The Kier molecular flexibility index (Phi) is 8.12. The molecule has 0 unspecified atom stereocenters. The molecule has 3 aromatic carbocycles. The molecule has 35 heavy (non-hydrogen) atoms. The van der Waals surface area contributed by atoms with Gasteiger partial charge in [0.15, 0.2) is 6.61 Å². The van der Waals surface area contributed by atoms with E-state index in [2.05, 4.69) is 10.6 Å². The van der Waals surface area contributed by atoms with Crippen LogP contribution in [0.4, 0.5) is 24.5 Å². The molecule has 3 aromatic rings. The number of halogens is 4. The van der Waals surface area contributed by atoms with Crippen molar-refractivity contribution >= 4 is 40.9 Å². The molecule has 178 valence electrons. The highest BCUT2D eigenvalue weighted by Gasteiger charge is 2.30. The van der Waals surface area contributed by atoms with E-state index >= 15 is 0 Å². The van der Waals surface area contributed by atoms with Crippen molar-refractivity contribution in [3.63, 3.8) is 0 Å². The van der Waals surface area contributed by atoms with Crippen LogP contribution in [0.25, 0.3) is 6.08 Å². The first kappa shape index (κ1) is 25.3. The van der Waals surface area contributed by atoms with Crippen molar-refractivity contribution in [2.75, 3.05) is 17.2 Å². The van der Waals surface area contributed by atoms with Crippen LogP contribution in [-0.2, 0) is 15.8 Å². The smallest absolute Gasteiger partial charge is 0.416 e. The van der Waals surface area contributed by atoms with Crippen LogP contribution in [-0.4, -0.2) is 18.4 Å². The van der Waals surface area contributed by atoms with Crippen LogP contribution >= 0.6 is 11.6 Å². The van der Waals surface area contributed by atoms with Crippen LogP contribution in [0.15, 0.2) is 78.4 Å². The number of benzene rings is 3. The normalized spacial score (nSPS) is 11.3. The van der Waals surface area contributed by atoms with E-state index in [-0.39, 0.29) is 28.6 Å². The van der Waals surface area contributed by atoms with Gasteiger partial charge in [0.05, 0.1) is 10.6 Å². The Morgan fingerprint density at radius 2 is 1.69 bits per heavy atom. The molecule has 0 heterocycles. The van der Waals surface area contributed by atoms with Crippen molar-refractivity contribution in [2.45, 2.75) is 6.18 Å². The number of nitriles is 1. The number of ether oxygens (including phenoxy) is 1. The fraction of sp³-hybridized carbons (Fsp3) is 0.0800. The van der Waals surface area contributed by atoms with Gasteiger partial charge in [-0.25, -0.2) is 0 Å². The monoisotopic (exact) mass is 499 g/mol. The van der Waals surface area contributed by atoms with E-state index in [4.69, 9.17) is 16.3 Å². The maximum absolute atomic E-state index is 12.9. The summed E-state index contributed by atoms with van der Waals surface area (Å²) < 4.78 is 44.0. The molecule has 0 aliphatic rings. The largest absolute Gasteiger partial charge is 0.482 e. The van der Waals surface area contributed by atoms with Gasteiger partial charge in [0.2, 0.25) is 0 Å². The fourth-order valence-electron chi connectivity index (χ4n) is 2.87. The summed E-state index contributed by atoms with van der Waals surface area (Å²) in [5.41, 5.74) is -0.416. The SMILES string of the molecule is N#C/C(=C\c1ccc(OCC(=O)Nc2ccccc2)c(Cl)c1)C(=O)Nc1cccc(C(F)(F)F)c1. The molecule has 3 rings (SSSR count). The summed E-state index contributed by atoms with van der Waals surface area (Å²) in [5, 5.41) is 14.4. The lowest BCUT2D eigenvalue weighted by Crippen LogP contribution is -2.20. The lowest BCUT2D eigenvalue weighted by atomic mass is 10.1. The lowest BCUT2D eigenvalue weighted by Gasteiger charge is -2.10. The molecule has 0 radical (unpaired) electrons. The summed E-state index contributed by atoms with van der Waals surface area (Å²) in [5.74, 6) is -1.07. The number of para-hydroxylation sites is 1. The van der Waals surface area contributed by atoms with Gasteiger partial charge in [0.1, 0.15) is 17.4 Å². The predicted octanol–water partition coefficient (Wildman–Crippen LogP) is 5.92. The van der Waals surface area contributed by atoms with Gasteiger partial charge in [-0.15, -0.1) is 0 Å². The number of anilines is 2. The predicted molar refractivity (Wildman–Crippen MR) is 126 cm³/mol. The first-order valence-corrected chi connectivity index (χ1v) is 10.4. The van der Waals surface area contributed by atoms with Gasteiger partial charge in [0, 0.05) is 11.4 Å². The highest BCUT2D eigenvalue weighted by molar-refractivity contribution is 6.32. The van der Waals surface area contributed by atoms with Crippen LogP contribution in [0.1, 0.15) is 11.1 Å². The zero-order valence-electron chi connectivity index (χ0n) is 17.9. The number of hydrogen-bond acceptors (Lipinski definition) is 4. The van der Waals surface area contributed by atoms with Crippen molar-refractivity contribution in [3.8, 4) is 11.8 Å². The maximum atomic E-state index is 12.9. The van der Waals surface area contributed by atoms with Gasteiger partial charge in [-0.05, 0) is 54.1 Å². The van der Waals surface area contributed by atoms with E-state index in [1.165, 1.54) is 30.3 Å². The number of hydrogen-bond donors (Lipinski definition) is 2. The summed E-state index contributed by atoms with van der Waals surface area (Å²) in [4.78, 5) is 24.4. The molecule has 10 heteroatoms. The zero-order chi connectivity index (χ0) is 25.4. The Labute approximate surface area is 203 Å². The lowest BCUT2D eigenvalue weighted by molar-refractivity contribution is -0.137. The minimum atomic E-state index is -4.57. The maximum Gasteiger partial charge on any atom is 0.416 e. The Bertz CT molecular complexity index is 1300. The highest BCUT2D eigenvalue weighted by Crippen LogP contribution is 2.31. The molecule has 0 fully saturated rings. The van der Waals surface area contributed by atoms with Crippen LogP contribution < -0.4 is 15.4 Å². The molecular weight excluding hydrogens is 483 g/mol. The molecule has 0 bridgehead atoms. The van der Waals surface area contributed by atoms with Gasteiger partial charge >= 0.3 is 6.18 Å². The topological polar surface area (TPSA) is 91.2 Å². The zero-order valence-corrected chi connectivity index (χ0v) is 18.7. The average Bonchev–Trinajstić information content (AvgIpc) is 2.82. The second-order valence-corrected chi connectivity index (χ2v) is 7.50. The van der Waals surface area contributed by atoms with Gasteiger partial charge in [-0.2, -0.15) is 18.4 Å². The van der Waals surface area contributed by atoms with Crippen molar-refractivity contribution in [2.24, 2.45) is 0 Å². The van der Waals surface area contributed by atoms with E-state index < -0.39 is 23.6 Å². The van der Waals surface area contributed by atoms with Crippen LogP contribution in [0.2, 0.25) is 5.02 Å². The Hall–Kier alpha value is -4.29. The number of carbonyl (C=O) groups excluding carboxylic acids is 2. The van der Waals surface area contributed by atoms with Gasteiger partial charge in [0.25, 0.3) is 11.8 Å². The minimum absolute atomic E-state index is 0.110. The van der Waals surface area contributed by atoms with Crippen LogP contribution in [0, 0.1) is 11.3 Å². The van der Waals surface area contributed by atoms with Gasteiger partial charge < -0.3 is 15.4 Å². The van der Waals surface area contributed by atoms with Crippen molar-refractivity contribution in [1.29, 1.82) is 5.26 Å². The Morgan fingerprint density at radius 1 is 0.971 bits per heavy atom. The second kappa shape index (κ2) is 11.2. The molecular formula is C25H17ClF3N3O3. The molecule has 2 amide bonds. The third kappa shape index (κ3) is 7.35. The number of carbonyl (C=O) groups is 2. The summed E-state index contributed by atoms with van der Waals surface area (Å²) in [7, 11) is 0. The summed E-state index contributed by atoms with van der Waals surface area (Å²) in [6.45, 7) is -0.299. The molecule has 0 aliphatic heterocycles. The first-order valence-electron chi connectivity index (χ1n) is 10.0. The van der Waals surface area contributed by atoms with Crippen LogP contribution in [0.5, 0.6) is 5.75 Å². The van der Waals surface area contributed by atoms with E-state index in [1.54, 1.807) is 30.3 Å². The number of alkyl halides is 3. The molecule has 0 aliphatic carbocycles. The number of rotatable bonds is 7. The van der Waals surface area contributed by atoms with Crippen LogP contribution in [0.3, 0.4) is 0 Å². The summed E-state index contributed by atoms with van der Waals surface area (Å²) >= 11 is 6.19. The Balaban J connectivity index is 1.65. The van der Waals surface area contributed by atoms with E-state index in [1.807, 2.05) is 6.07 Å². The van der Waals surface area contributed by atoms with E-state index in [9.17, 15) is 28.0 Å². The molecule has 0 saturated heterocycles. The van der Waals surface area contributed by atoms with Gasteiger partial charge in [-0.3, -0.25) is 9.59 Å². The second-order valence-electron chi connectivity index (χ2n) is 7.10. The molecule has 0 aromatic heterocycles. The highest BCUT2D eigenvalue weighted by atomic mass is 35.5. The standard InChI is InChI=1S/C25H17ClF3N3O3/c26-21-12-16(9-10-22(21)35-15-23(33)31-19-6-2-1-3-7-19)11-17(14-30)24(34)32-20-8-4-5-18(13-20)25(27,28)29/h1-13H,15H2,(H,31,33)(H,32,34)/b17-11+. The van der Waals surface area contributed by atoms with Crippen molar-refractivity contribution < 1.29 is 27.5 Å². The van der Waals surface area contributed by atoms with Crippen molar-refractivity contribution in [1.82, 2.24) is 0 Å². The van der Waals surface area contributed by atoms with Crippen molar-refractivity contribution in [3.05, 3.63) is 94.5 Å².